The topological polar surface area (TPSA) is 172 Å². The summed E-state index contributed by atoms with van der Waals surface area (Å²) in [7, 11) is 0. The van der Waals surface area contributed by atoms with Crippen LogP contribution in [0.4, 0.5) is 13.2 Å². The molecule has 0 bridgehead atoms. The number of alkyl halides is 3. The van der Waals surface area contributed by atoms with Crippen LogP contribution in [0.25, 0.3) is 0 Å². The van der Waals surface area contributed by atoms with Crippen LogP contribution in [-0.4, -0.2) is 116 Å². The number of aliphatic hydroxyl groups excluding tert-OH is 2. The van der Waals surface area contributed by atoms with E-state index in [1.165, 1.54) is 6.92 Å². The minimum absolute atomic E-state index is 0.000438. The molecule has 57 heavy (non-hydrogen) atoms. The average molecular weight is 805 g/mol. The van der Waals surface area contributed by atoms with Crippen LogP contribution in [-0.2, 0) is 60.7 Å². The second-order valence-corrected chi connectivity index (χ2v) is 13.8. The summed E-state index contributed by atoms with van der Waals surface area (Å²) in [6.45, 7) is 0.822. The van der Waals surface area contributed by atoms with Gasteiger partial charge in [0.25, 0.3) is 0 Å². The average Bonchev–Trinajstić information content (AvgIpc) is 3.21. The van der Waals surface area contributed by atoms with Crippen LogP contribution in [0.15, 0.2) is 91.0 Å². The van der Waals surface area contributed by atoms with Crippen LogP contribution in [0, 0.1) is 0 Å². The van der Waals surface area contributed by atoms with Gasteiger partial charge in [-0.15, -0.1) is 0 Å². The minimum atomic E-state index is -5.04. The Labute approximate surface area is 327 Å². The van der Waals surface area contributed by atoms with Gasteiger partial charge in [-0.2, -0.15) is 13.2 Å². The smallest absolute Gasteiger partial charge is 0.387 e. The highest BCUT2D eigenvalue weighted by Crippen LogP contribution is 2.37. The summed E-state index contributed by atoms with van der Waals surface area (Å²) in [5.74, 6) is -2.57. The molecule has 3 heterocycles. The number of fused-ring (bicyclic) bond motifs is 1. The zero-order valence-corrected chi connectivity index (χ0v) is 31.1. The summed E-state index contributed by atoms with van der Waals surface area (Å²) in [5.41, 5.74) is 2.36. The Morgan fingerprint density at radius 1 is 0.807 bits per heavy atom. The number of amides is 2. The highest BCUT2D eigenvalue weighted by atomic mass is 19.4. The third-order valence-corrected chi connectivity index (χ3v) is 9.54. The summed E-state index contributed by atoms with van der Waals surface area (Å²) in [6, 6.07) is 26.5. The van der Waals surface area contributed by atoms with E-state index in [0.717, 1.165) is 16.7 Å². The first kappa shape index (κ1) is 42.6. The van der Waals surface area contributed by atoms with E-state index in [1.54, 1.807) is 5.32 Å². The number of nitrogens with one attached hydrogen (secondary N) is 2. The van der Waals surface area contributed by atoms with Gasteiger partial charge in [0.1, 0.15) is 48.8 Å². The molecule has 310 valence electrons. The standard InChI is InChI=1S/C40H47F3N2O12/c1-24(46)45-30-35(52-21-26-14-7-3-8-15-26)34(57-38-32(48)31(47)33-29(55-38)23-53-36(56-33)27-16-9-4-10-17-27)28(22-50-20-25-12-5-2-6-13-25)54-37(30)51-19-11-18-44-39(49)40(41,42)43/h2-10,12-17,28-38,47-48H,11,18-23H2,1H3,(H,44,49)(H,45,46)/t28-,29-,30-,31-,32-,33+,34-,35-,36?,37-,38+/m1/s1. The molecule has 14 nitrogen and oxygen atoms in total. The quantitative estimate of drug-likeness (QED) is 0.156. The van der Waals surface area contributed by atoms with Crippen molar-refractivity contribution in [2.24, 2.45) is 0 Å². The van der Waals surface area contributed by atoms with Crippen LogP contribution < -0.4 is 10.6 Å². The number of halogens is 3. The Bertz CT molecular complexity index is 1690. The van der Waals surface area contributed by atoms with Crippen molar-refractivity contribution in [1.29, 1.82) is 0 Å². The molecule has 3 aromatic rings. The molecule has 3 fully saturated rings. The molecule has 0 radical (unpaired) electrons. The third kappa shape index (κ3) is 11.6. The van der Waals surface area contributed by atoms with Gasteiger partial charge in [0.2, 0.25) is 5.91 Å². The maximum absolute atomic E-state index is 12.7. The first-order chi connectivity index (χ1) is 27.5. The molecule has 0 saturated carbocycles. The molecular formula is C40H47F3N2O12. The van der Waals surface area contributed by atoms with Gasteiger partial charge >= 0.3 is 12.1 Å². The van der Waals surface area contributed by atoms with E-state index in [0.29, 0.717) is 0 Å². The summed E-state index contributed by atoms with van der Waals surface area (Å²) < 4.78 is 87.9. The summed E-state index contributed by atoms with van der Waals surface area (Å²) in [4.78, 5) is 24.0. The number of hydrogen-bond acceptors (Lipinski definition) is 12. The number of aliphatic hydroxyl groups is 2. The van der Waals surface area contributed by atoms with E-state index in [4.69, 9.17) is 37.9 Å². The van der Waals surface area contributed by atoms with Crippen LogP contribution in [0.3, 0.4) is 0 Å². The molecule has 1 unspecified atom stereocenters. The minimum Gasteiger partial charge on any atom is -0.387 e. The van der Waals surface area contributed by atoms with Gasteiger partial charge in [-0.05, 0) is 17.5 Å². The van der Waals surface area contributed by atoms with Crippen molar-refractivity contribution in [3.05, 3.63) is 108 Å². The van der Waals surface area contributed by atoms with Crippen molar-refractivity contribution in [2.75, 3.05) is 26.4 Å². The molecule has 2 amide bonds. The molecule has 0 spiro atoms. The predicted molar refractivity (Wildman–Crippen MR) is 193 cm³/mol. The highest BCUT2D eigenvalue weighted by Gasteiger charge is 2.54. The van der Waals surface area contributed by atoms with E-state index < -0.39 is 85.6 Å². The molecule has 6 rings (SSSR count). The Hall–Kier alpha value is -4.01. The molecule has 3 aliphatic heterocycles. The third-order valence-electron chi connectivity index (χ3n) is 9.54. The molecule has 17 heteroatoms. The molecule has 3 aromatic carbocycles. The first-order valence-corrected chi connectivity index (χ1v) is 18.6. The Morgan fingerprint density at radius 2 is 1.46 bits per heavy atom. The van der Waals surface area contributed by atoms with Gasteiger partial charge in [0, 0.05) is 19.0 Å². The number of carbonyl (C=O) groups is 2. The molecule has 0 aromatic heterocycles. The molecule has 4 N–H and O–H groups in total. The highest BCUT2D eigenvalue weighted by molar-refractivity contribution is 5.81. The maximum Gasteiger partial charge on any atom is 0.471 e. The van der Waals surface area contributed by atoms with E-state index in [9.17, 15) is 33.0 Å². The molecule has 11 atom stereocenters. The molecule has 3 saturated heterocycles. The lowest BCUT2D eigenvalue weighted by atomic mass is 9.94. The maximum atomic E-state index is 12.7. The van der Waals surface area contributed by atoms with Crippen molar-refractivity contribution in [3.8, 4) is 0 Å². The van der Waals surface area contributed by atoms with E-state index in [1.807, 2.05) is 91.0 Å². The monoisotopic (exact) mass is 804 g/mol. The van der Waals surface area contributed by atoms with Gasteiger partial charge in [0.05, 0.1) is 33.0 Å². The predicted octanol–water partition coefficient (Wildman–Crippen LogP) is 3.05. The van der Waals surface area contributed by atoms with Crippen molar-refractivity contribution in [3.63, 3.8) is 0 Å². The van der Waals surface area contributed by atoms with Crippen LogP contribution in [0.2, 0.25) is 0 Å². The lowest BCUT2D eigenvalue weighted by Gasteiger charge is -2.50. The number of rotatable bonds is 16. The lowest BCUT2D eigenvalue weighted by Crippen LogP contribution is -2.68. The Kier molecular flexibility index (Phi) is 15.0. The fraction of sp³-hybridized carbons (Fsp3) is 0.500. The fourth-order valence-corrected chi connectivity index (χ4v) is 6.76. The lowest BCUT2D eigenvalue weighted by molar-refractivity contribution is -0.383. The second kappa shape index (κ2) is 20.1. The normalized spacial score (nSPS) is 30.2. The van der Waals surface area contributed by atoms with Crippen molar-refractivity contribution >= 4 is 11.8 Å². The number of carbonyl (C=O) groups excluding carboxylic acids is 2. The van der Waals surface area contributed by atoms with Gasteiger partial charge in [-0.25, -0.2) is 0 Å². The molecule has 3 aliphatic rings. The molecule has 0 aliphatic carbocycles. The van der Waals surface area contributed by atoms with Gasteiger partial charge in [-0.3, -0.25) is 9.59 Å². The fourth-order valence-electron chi connectivity index (χ4n) is 6.76. The number of hydrogen-bond donors (Lipinski definition) is 4. The van der Waals surface area contributed by atoms with E-state index in [-0.39, 0.29) is 46.0 Å². The largest absolute Gasteiger partial charge is 0.471 e. The van der Waals surface area contributed by atoms with Gasteiger partial charge in [-0.1, -0.05) is 91.0 Å². The summed E-state index contributed by atoms with van der Waals surface area (Å²) in [5, 5.41) is 27.4. The van der Waals surface area contributed by atoms with Crippen molar-refractivity contribution < 1.29 is 70.9 Å². The Balaban J connectivity index is 1.24. The SMILES string of the molecule is CC(=O)N[C@H]1[C@H](OCCCNC(=O)C(F)(F)F)O[C@H](COCc2ccccc2)[C@@H](O[C@@H]2O[C@@H]3COC(c4ccccc4)O[C@@H]3[C@H](O)[C@H]2O)[C@@H]1OCc1ccccc1. The van der Waals surface area contributed by atoms with Crippen LogP contribution in [0.1, 0.15) is 36.3 Å². The van der Waals surface area contributed by atoms with Crippen molar-refractivity contribution in [2.45, 2.75) is 100 Å². The van der Waals surface area contributed by atoms with Crippen LogP contribution >= 0.6 is 0 Å². The van der Waals surface area contributed by atoms with E-state index in [2.05, 4.69) is 5.32 Å². The first-order valence-electron chi connectivity index (χ1n) is 18.6. The van der Waals surface area contributed by atoms with Gasteiger partial charge in [0.15, 0.2) is 18.9 Å². The zero-order chi connectivity index (χ0) is 40.4. The van der Waals surface area contributed by atoms with Crippen LogP contribution in [0.5, 0.6) is 0 Å². The van der Waals surface area contributed by atoms with Crippen molar-refractivity contribution in [1.82, 2.24) is 10.6 Å². The number of benzene rings is 3. The molecular weight excluding hydrogens is 757 g/mol. The van der Waals surface area contributed by atoms with E-state index >= 15 is 0 Å². The van der Waals surface area contributed by atoms with Gasteiger partial charge < -0.3 is 58.7 Å². The summed E-state index contributed by atoms with van der Waals surface area (Å²) in [6.07, 6.45) is -16.8. The zero-order valence-electron chi connectivity index (χ0n) is 31.1. The number of ether oxygens (including phenoxy) is 8. The second-order valence-electron chi connectivity index (χ2n) is 13.8. The Morgan fingerprint density at radius 3 is 2.11 bits per heavy atom. The summed E-state index contributed by atoms with van der Waals surface area (Å²) >= 11 is 0.